The van der Waals surface area contributed by atoms with Crippen molar-refractivity contribution in [3.63, 3.8) is 0 Å². The summed E-state index contributed by atoms with van der Waals surface area (Å²) < 4.78 is 27.0. The molecule has 2 unspecified atom stereocenters. The van der Waals surface area contributed by atoms with Gasteiger partial charge in [-0.25, -0.2) is 13.1 Å². The van der Waals surface area contributed by atoms with E-state index in [1.54, 1.807) is 0 Å². The average Bonchev–Trinajstić information content (AvgIpc) is 2.46. The predicted molar refractivity (Wildman–Crippen MR) is 83.9 cm³/mol. The van der Waals surface area contributed by atoms with E-state index in [-0.39, 0.29) is 30.0 Å². The smallest absolute Gasteiger partial charge is 0.212 e. The van der Waals surface area contributed by atoms with Gasteiger partial charge in [0.2, 0.25) is 10.0 Å². The molecule has 7 heteroatoms. The van der Waals surface area contributed by atoms with E-state index in [1.807, 2.05) is 44.2 Å². The molecular weight excluding hydrogens is 290 g/mol. The summed E-state index contributed by atoms with van der Waals surface area (Å²) in [5, 5.41) is 11.4. The zero-order chi connectivity index (χ0) is 15.9. The third-order valence-electron chi connectivity index (χ3n) is 3.26. The van der Waals surface area contributed by atoms with Gasteiger partial charge >= 0.3 is 0 Å². The SMILES string of the molecule is CCC(C/C(N)=N/O)NS(=O)(=O)CC(C)c1ccccc1. The summed E-state index contributed by atoms with van der Waals surface area (Å²) in [7, 11) is -3.44. The first-order valence-corrected chi connectivity index (χ1v) is 8.54. The number of benzene rings is 1. The molecule has 0 saturated heterocycles. The molecule has 0 radical (unpaired) electrons. The van der Waals surface area contributed by atoms with Crippen molar-refractivity contribution < 1.29 is 13.6 Å². The van der Waals surface area contributed by atoms with Crippen LogP contribution in [0.3, 0.4) is 0 Å². The zero-order valence-electron chi connectivity index (χ0n) is 12.4. The van der Waals surface area contributed by atoms with Crippen molar-refractivity contribution in [1.82, 2.24) is 4.72 Å². The molecule has 0 amide bonds. The summed E-state index contributed by atoms with van der Waals surface area (Å²) in [5.74, 6) is -0.0883. The predicted octanol–water partition coefficient (Wildman–Crippen LogP) is 1.62. The van der Waals surface area contributed by atoms with E-state index in [2.05, 4.69) is 9.88 Å². The fourth-order valence-electron chi connectivity index (χ4n) is 2.07. The molecular formula is C14H23N3O3S. The lowest BCUT2D eigenvalue weighted by molar-refractivity contribution is 0.316. The largest absolute Gasteiger partial charge is 0.409 e. The van der Waals surface area contributed by atoms with Gasteiger partial charge in [0.05, 0.1) is 5.75 Å². The lowest BCUT2D eigenvalue weighted by Gasteiger charge is -2.18. The van der Waals surface area contributed by atoms with Gasteiger partial charge in [0.1, 0.15) is 5.84 Å². The van der Waals surface area contributed by atoms with Crippen LogP contribution >= 0.6 is 0 Å². The van der Waals surface area contributed by atoms with E-state index in [1.165, 1.54) is 0 Å². The molecule has 0 bridgehead atoms. The number of oxime groups is 1. The van der Waals surface area contributed by atoms with Gasteiger partial charge in [0.15, 0.2) is 0 Å². The number of rotatable bonds is 8. The van der Waals surface area contributed by atoms with Crippen LogP contribution in [0.4, 0.5) is 0 Å². The molecule has 0 spiro atoms. The van der Waals surface area contributed by atoms with E-state index in [0.717, 1.165) is 5.56 Å². The first kappa shape index (κ1) is 17.5. The van der Waals surface area contributed by atoms with Crippen molar-refractivity contribution in [2.75, 3.05) is 5.75 Å². The second-order valence-corrected chi connectivity index (χ2v) is 6.91. The highest BCUT2D eigenvalue weighted by Gasteiger charge is 2.21. The minimum atomic E-state index is -3.44. The Bertz CT molecular complexity index is 558. The van der Waals surface area contributed by atoms with Gasteiger partial charge in [-0.05, 0) is 17.9 Å². The summed E-state index contributed by atoms with van der Waals surface area (Å²) in [6, 6.07) is 9.13. The minimum absolute atomic E-state index is 0.00366. The minimum Gasteiger partial charge on any atom is -0.409 e. The van der Waals surface area contributed by atoms with Gasteiger partial charge in [0, 0.05) is 12.5 Å². The first-order chi connectivity index (χ1) is 9.88. The maximum absolute atomic E-state index is 12.2. The lowest BCUT2D eigenvalue weighted by Crippen LogP contribution is -2.39. The average molecular weight is 313 g/mol. The highest BCUT2D eigenvalue weighted by atomic mass is 32.2. The van der Waals surface area contributed by atoms with Crippen molar-refractivity contribution >= 4 is 15.9 Å². The number of nitrogens with zero attached hydrogens (tertiary/aromatic N) is 1. The maximum Gasteiger partial charge on any atom is 0.212 e. The van der Waals surface area contributed by atoms with Gasteiger partial charge < -0.3 is 10.9 Å². The third-order valence-corrected chi connectivity index (χ3v) is 4.89. The van der Waals surface area contributed by atoms with Gasteiger partial charge in [0.25, 0.3) is 0 Å². The summed E-state index contributed by atoms with van der Waals surface area (Å²) in [6.07, 6.45) is 0.751. The van der Waals surface area contributed by atoms with E-state index < -0.39 is 10.0 Å². The van der Waals surface area contributed by atoms with Crippen LogP contribution in [0.5, 0.6) is 0 Å². The van der Waals surface area contributed by atoms with Crippen LogP contribution in [0.1, 0.15) is 38.2 Å². The number of nitrogens with one attached hydrogen (secondary N) is 1. The van der Waals surface area contributed by atoms with Crippen LogP contribution in [-0.4, -0.2) is 31.3 Å². The number of nitrogens with two attached hydrogens (primary N) is 1. The third kappa shape index (κ3) is 6.14. The normalized spacial score (nSPS) is 15.6. The molecule has 21 heavy (non-hydrogen) atoms. The maximum atomic E-state index is 12.2. The van der Waals surface area contributed by atoms with E-state index in [9.17, 15) is 8.42 Å². The molecule has 6 nitrogen and oxygen atoms in total. The Hall–Kier alpha value is -1.60. The highest BCUT2D eigenvalue weighted by Crippen LogP contribution is 2.16. The van der Waals surface area contributed by atoms with Gasteiger partial charge in [-0.3, -0.25) is 0 Å². The van der Waals surface area contributed by atoms with Crippen LogP contribution < -0.4 is 10.5 Å². The molecule has 0 heterocycles. The molecule has 0 fully saturated rings. The first-order valence-electron chi connectivity index (χ1n) is 6.89. The number of amidine groups is 1. The Balaban J connectivity index is 2.68. The molecule has 0 saturated carbocycles. The van der Waals surface area contributed by atoms with Crippen LogP contribution in [0, 0.1) is 0 Å². The van der Waals surface area contributed by atoms with Crippen molar-refractivity contribution in [3.8, 4) is 0 Å². The standard InChI is InChI=1S/C14H23N3O3S/c1-3-13(9-14(15)16-18)17-21(19,20)10-11(2)12-7-5-4-6-8-12/h4-8,11,13,17-18H,3,9-10H2,1-2H3,(H2,15,16). The Morgan fingerprint density at radius 3 is 2.52 bits per heavy atom. The summed E-state index contributed by atoms with van der Waals surface area (Å²) in [4.78, 5) is 0. The molecule has 0 aromatic heterocycles. The van der Waals surface area contributed by atoms with Crippen LogP contribution in [0.2, 0.25) is 0 Å². The van der Waals surface area contributed by atoms with Crippen molar-refractivity contribution in [2.45, 2.75) is 38.6 Å². The van der Waals surface area contributed by atoms with E-state index >= 15 is 0 Å². The number of sulfonamides is 1. The molecule has 0 aliphatic heterocycles. The van der Waals surface area contributed by atoms with Gasteiger partial charge in [-0.2, -0.15) is 0 Å². The molecule has 1 aromatic rings. The second-order valence-electron chi connectivity index (χ2n) is 5.11. The topological polar surface area (TPSA) is 105 Å². The Labute approximate surface area is 126 Å². The Morgan fingerprint density at radius 2 is 2.00 bits per heavy atom. The molecule has 1 rings (SSSR count). The Kier molecular flexibility index (Phi) is 6.64. The summed E-state index contributed by atoms with van der Waals surface area (Å²) >= 11 is 0. The monoisotopic (exact) mass is 313 g/mol. The van der Waals surface area contributed by atoms with Crippen LogP contribution in [-0.2, 0) is 10.0 Å². The molecule has 1 aromatic carbocycles. The summed E-state index contributed by atoms with van der Waals surface area (Å²) in [6.45, 7) is 3.72. The van der Waals surface area contributed by atoms with Gasteiger partial charge in [-0.15, -0.1) is 0 Å². The zero-order valence-corrected chi connectivity index (χ0v) is 13.2. The molecule has 4 N–H and O–H groups in total. The molecule has 0 aliphatic rings. The van der Waals surface area contributed by atoms with Crippen LogP contribution in [0.15, 0.2) is 35.5 Å². The van der Waals surface area contributed by atoms with E-state index in [4.69, 9.17) is 10.9 Å². The van der Waals surface area contributed by atoms with Crippen LogP contribution in [0.25, 0.3) is 0 Å². The number of hydrogen-bond acceptors (Lipinski definition) is 4. The second kappa shape index (κ2) is 7.99. The molecule has 118 valence electrons. The lowest BCUT2D eigenvalue weighted by atomic mass is 10.0. The summed E-state index contributed by atoms with van der Waals surface area (Å²) in [5.41, 5.74) is 6.40. The molecule has 2 atom stereocenters. The number of hydrogen-bond donors (Lipinski definition) is 3. The van der Waals surface area contributed by atoms with E-state index in [0.29, 0.717) is 6.42 Å². The van der Waals surface area contributed by atoms with Crippen molar-refractivity contribution in [1.29, 1.82) is 0 Å². The Morgan fingerprint density at radius 1 is 1.38 bits per heavy atom. The molecule has 0 aliphatic carbocycles. The van der Waals surface area contributed by atoms with Gasteiger partial charge in [-0.1, -0.05) is 49.3 Å². The fourth-order valence-corrected chi connectivity index (χ4v) is 3.78. The highest BCUT2D eigenvalue weighted by molar-refractivity contribution is 7.89. The van der Waals surface area contributed by atoms with Crippen molar-refractivity contribution in [3.05, 3.63) is 35.9 Å². The fraction of sp³-hybridized carbons (Fsp3) is 0.500. The van der Waals surface area contributed by atoms with Crippen molar-refractivity contribution in [2.24, 2.45) is 10.9 Å². The quantitative estimate of drug-likeness (QED) is 0.293.